The van der Waals surface area contributed by atoms with E-state index in [1.165, 1.54) is 30.3 Å². The van der Waals surface area contributed by atoms with E-state index in [0.29, 0.717) is 23.4 Å². The average molecular weight is 422 g/mol. The largest absolute Gasteiger partial charge is 0.416 e. The second kappa shape index (κ2) is 7.50. The van der Waals surface area contributed by atoms with Crippen LogP contribution in [0.5, 0.6) is 0 Å². The van der Waals surface area contributed by atoms with E-state index in [0.717, 1.165) is 12.1 Å². The normalized spacial score (nSPS) is 13.4. The third-order valence-electron chi connectivity index (χ3n) is 4.43. The van der Waals surface area contributed by atoms with Crippen molar-refractivity contribution >= 4 is 21.1 Å². The molecule has 0 aliphatic heterocycles. The summed E-state index contributed by atoms with van der Waals surface area (Å²) in [7, 11) is -3.92. The van der Waals surface area contributed by atoms with Gasteiger partial charge in [0.15, 0.2) is 0 Å². The maximum absolute atomic E-state index is 13.0. The van der Waals surface area contributed by atoms with E-state index < -0.39 is 27.8 Å². The summed E-state index contributed by atoms with van der Waals surface area (Å²) in [5.74, 6) is 0.305. The summed E-state index contributed by atoms with van der Waals surface area (Å²) >= 11 is 0. The number of benzene rings is 2. The van der Waals surface area contributed by atoms with Gasteiger partial charge < -0.3 is 4.57 Å². The van der Waals surface area contributed by atoms with Gasteiger partial charge in [-0.1, -0.05) is 0 Å². The summed E-state index contributed by atoms with van der Waals surface area (Å²) < 4.78 is 68.4. The summed E-state index contributed by atoms with van der Waals surface area (Å²) in [5, 5.41) is 8.83. The van der Waals surface area contributed by atoms with Gasteiger partial charge in [-0.2, -0.15) is 18.4 Å². The van der Waals surface area contributed by atoms with Crippen molar-refractivity contribution < 1.29 is 21.6 Å². The van der Waals surface area contributed by atoms with Crippen molar-refractivity contribution in [2.24, 2.45) is 0 Å². The highest BCUT2D eigenvalue weighted by Crippen LogP contribution is 2.32. The van der Waals surface area contributed by atoms with Gasteiger partial charge in [-0.05, 0) is 56.3 Å². The first kappa shape index (κ1) is 20.8. The van der Waals surface area contributed by atoms with Crippen LogP contribution in [0, 0.1) is 11.3 Å². The van der Waals surface area contributed by atoms with Crippen LogP contribution in [0.15, 0.2) is 47.4 Å². The van der Waals surface area contributed by atoms with Crippen molar-refractivity contribution in [2.75, 3.05) is 0 Å². The number of hydrogen-bond acceptors (Lipinski definition) is 4. The first-order chi connectivity index (χ1) is 13.6. The van der Waals surface area contributed by atoms with Gasteiger partial charge in [0, 0.05) is 6.54 Å². The second-order valence-corrected chi connectivity index (χ2v) is 8.11. The number of nitrogens with one attached hydrogen (secondary N) is 1. The minimum Gasteiger partial charge on any atom is -0.327 e. The van der Waals surface area contributed by atoms with Gasteiger partial charge >= 0.3 is 6.18 Å². The maximum Gasteiger partial charge on any atom is 0.416 e. The average Bonchev–Trinajstić information content (AvgIpc) is 3.05. The molecule has 0 saturated carbocycles. The summed E-state index contributed by atoms with van der Waals surface area (Å²) in [5.41, 5.74) is 0.156. The van der Waals surface area contributed by atoms with Crippen LogP contribution < -0.4 is 4.72 Å². The van der Waals surface area contributed by atoms with Crippen molar-refractivity contribution in [3.05, 3.63) is 59.4 Å². The quantitative estimate of drug-likeness (QED) is 0.674. The Kier molecular flexibility index (Phi) is 5.38. The predicted molar refractivity (Wildman–Crippen MR) is 100 cm³/mol. The highest BCUT2D eigenvalue weighted by Gasteiger charge is 2.31. The number of aromatic nitrogens is 2. The molecule has 1 N–H and O–H groups in total. The van der Waals surface area contributed by atoms with Crippen LogP contribution in [-0.2, 0) is 22.7 Å². The third kappa shape index (κ3) is 4.11. The molecule has 0 fully saturated rings. The lowest BCUT2D eigenvalue weighted by molar-refractivity contribution is -0.137. The first-order valence-corrected chi connectivity index (χ1v) is 10.1. The van der Waals surface area contributed by atoms with Crippen LogP contribution in [-0.4, -0.2) is 18.0 Å². The van der Waals surface area contributed by atoms with E-state index in [-0.39, 0.29) is 10.4 Å². The van der Waals surface area contributed by atoms with Crippen LogP contribution in [0.1, 0.15) is 36.8 Å². The van der Waals surface area contributed by atoms with Crippen LogP contribution in [0.25, 0.3) is 11.0 Å². The molecule has 0 saturated heterocycles. The van der Waals surface area contributed by atoms with Gasteiger partial charge in [-0.15, -0.1) is 0 Å². The number of fused-ring (bicyclic) bond motifs is 1. The second-order valence-electron chi connectivity index (χ2n) is 6.39. The fourth-order valence-electron chi connectivity index (χ4n) is 3.04. The van der Waals surface area contributed by atoms with Gasteiger partial charge in [-0.25, -0.2) is 18.1 Å². The topological polar surface area (TPSA) is 87.8 Å². The molecule has 0 radical (unpaired) electrons. The first-order valence-electron chi connectivity index (χ1n) is 8.66. The number of halogens is 3. The maximum atomic E-state index is 13.0. The monoisotopic (exact) mass is 422 g/mol. The van der Waals surface area contributed by atoms with Crippen LogP contribution in [0.2, 0.25) is 0 Å². The molecule has 0 aliphatic rings. The van der Waals surface area contributed by atoms with E-state index in [4.69, 9.17) is 5.26 Å². The highest BCUT2D eigenvalue weighted by atomic mass is 32.2. The molecule has 1 aromatic heterocycles. The number of rotatable bonds is 5. The molecule has 0 spiro atoms. The molecular formula is C19H17F3N4O2S. The Hall–Kier alpha value is -2.90. The summed E-state index contributed by atoms with van der Waals surface area (Å²) in [6, 6.07) is 9.75. The summed E-state index contributed by atoms with van der Waals surface area (Å²) in [6.45, 7) is 3.63. The van der Waals surface area contributed by atoms with Gasteiger partial charge in [0.25, 0.3) is 0 Å². The summed E-state index contributed by atoms with van der Waals surface area (Å²) in [6.07, 6.45) is -4.49. The van der Waals surface area contributed by atoms with Gasteiger partial charge in [0.1, 0.15) is 5.82 Å². The highest BCUT2D eigenvalue weighted by molar-refractivity contribution is 7.89. The predicted octanol–water partition coefficient (Wildman–Crippen LogP) is 3.99. The number of sulfonamides is 1. The molecule has 1 heterocycles. The molecular weight excluding hydrogens is 405 g/mol. The van der Waals surface area contributed by atoms with Gasteiger partial charge in [0.2, 0.25) is 10.0 Å². The number of alkyl halides is 3. The van der Waals surface area contributed by atoms with Crippen molar-refractivity contribution in [3.63, 3.8) is 0 Å². The molecule has 152 valence electrons. The number of hydrogen-bond donors (Lipinski definition) is 1. The van der Waals surface area contributed by atoms with Crippen LogP contribution in [0.4, 0.5) is 13.2 Å². The smallest absolute Gasteiger partial charge is 0.327 e. The van der Waals surface area contributed by atoms with Gasteiger partial charge in [0.05, 0.1) is 39.2 Å². The van der Waals surface area contributed by atoms with Crippen molar-refractivity contribution in [3.8, 4) is 6.07 Å². The van der Waals surface area contributed by atoms with E-state index in [1.807, 2.05) is 6.07 Å². The van der Waals surface area contributed by atoms with E-state index in [2.05, 4.69) is 9.71 Å². The van der Waals surface area contributed by atoms with Crippen molar-refractivity contribution in [2.45, 2.75) is 37.5 Å². The zero-order chi connectivity index (χ0) is 21.4. The Morgan fingerprint density at radius 2 is 1.86 bits per heavy atom. The van der Waals surface area contributed by atoms with Crippen molar-refractivity contribution in [1.82, 2.24) is 14.3 Å². The number of nitrogens with zero attached hydrogens (tertiary/aromatic N) is 3. The number of imidazole rings is 1. The van der Waals surface area contributed by atoms with Crippen molar-refractivity contribution in [1.29, 1.82) is 5.26 Å². The molecule has 0 bridgehead atoms. The molecule has 2 aromatic carbocycles. The molecule has 29 heavy (non-hydrogen) atoms. The lowest BCUT2D eigenvalue weighted by Gasteiger charge is -2.16. The Balaban J connectivity index is 1.97. The molecule has 0 aliphatic carbocycles. The van der Waals surface area contributed by atoms with E-state index >= 15 is 0 Å². The van der Waals surface area contributed by atoms with E-state index in [9.17, 15) is 21.6 Å². The lowest BCUT2D eigenvalue weighted by Crippen LogP contribution is -2.28. The number of nitriles is 1. The fourth-order valence-corrected chi connectivity index (χ4v) is 4.24. The molecule has 6 nitrogen and oxygen atoms in total. The Morgan fingerprint density at radius 3 is 2.41 bits per heavy atom. The Labute approximate surface area is 165 Å². The standard InChI is InChI=1S/C19H17F3N4O2S/c1-3-26-17-10-14(19(20,21)22)6-9-16(17)24-18(26)12(2)25-29(27,28)15-7-4-13(11-23)5-8-15/h4-10,12,25H,3H2,1-2H3. The molecule has 3 aromatic rings. The number of aryl methyl sites for hydroxylation is 1. The lowest BCUT2D eigenvalue weighted by atomic mass is 10.2. The zero-order valence-electron chi connectivity index (χ0n) is 15.5. The molecule has 1 unspecified atom stereocenters. The van der Waals surface area contributed by atoms with Crippen LogP contribution in [0.3, 0.4) is 0 Å². The zero-order valence-corrected chi connectivity index (χ0v) is 16.3. The SMILES string of the molecule is CCn1c(C(C)NS(=O)(=O)c2ccc(C#N)cc2)nc2ccc(C(F)(F)F)cc21. The fraction of sp³-hybridized carbons (Fsp3) is 0.263. The minimum absolute atomic E-state index is 0.0260. The molecule has 0 amide bonds. The minimum atomic E-state index is -4.49. The molecule has 3 rings (SSSR count). The third-order valence-corrected chi connectivity index (χ3v) is 5.99. The Bertz CT molecular complexity index is 1190. The Morgan fingerprint density at radius 1 is 1.21 bits per heavy atom. The van der Waals surface area contributed by atoms with Gasteiger partial charge in [-0.3, -0.25) is 0 Å². The summed E-state index contributed by atoms with van der Waals surface area (Å²) in [4.78, 5) is 4.31. The van der Waals surface area contributed by atoms with Crippen LogP contribution >= 0.6 is 0 Å². The van der Waals surface area contributed by atoms with E-state index in [1.54, 1.807) is 18.4 Å². The molecule has 10 heteroatoms. The molecule has 1 atom stereocenters.